The molecule has 32 heavy (non-hydrogen) atoms. The van der Waals surface area contributed by atoms with Crippen LogP contribution in [-0.4, -0.2) is 43.5 Å². The smallest absolute Gasteiger partial charge is 0.277 e. The second-order valence-corrected chi connectivity index (χ2v) is 8.87. The Labute approximate surface area is 189 Å². The van der Waals surface area contributed by atoms with E-state index in [0.29, 0.717) is 29.4 Å². The van der Waals surface area contributed by atoms with Gasteiger partial charge in [-0.1, -0.05) is 26.0 Å². The molecule has 0 bridgehead atoms. The first kappa shape index (κ1) is 21.9. The Morgan fingerprint density at radius 3 is 2.19 bits per heavy atom. The number of nitrogens with one attached hydrogen (secondary N) is 1. The molecule has 6 heteroatoms. The van der Waals surface area contributed by atoms with Crippen molar-refractivity contribution < 1.29 is 14.3 Å². The average Bonchev–Trinajstić information content (AvgIpc) is 3.02. The van der Waals surface area contributed by atoms with Gasteiger partial charge in [-0.05, 0) is 67.1 Å². The van der Waals surface area contributed by atoms with Crippen molar-refractivity contribution in [1.82, 2.24) is 4.90 Å². The van der Waals surface area contributed by atoms with Crippen LogP contribution in [0.5, 0.6) is 5.75 Å². The molecule has 2 aliphatic rings. The highest BCUT2D eigenvalue weighted by atomic mass is 16.5. The molecule has 0 saturated carbocycles. The molecule has 2 amide bonds. The third-order valence-electron chi connectivity index (χ3n) is 5.87. The lowest BCUT2D eigenvalue weighted by Crippen LogP contribution is -2.29. The molecule has 0 atom stereocenters. The zero-order chi connectivity index (χ0) is 22.7. The van der Waals surface area contributed by atoms with Crippen LogP contribution in [0.4, 0.5) is 11.4 Å². The maximum absolute atomic E-state index is 12.8. The number of ether oxygens (including phenoxy) is 1. The summed E-state index contributed by atoms with van der Waals surface area (Å²) in [5.41, 5.74) is 3.35. The molecule has 1 fully saturated rings. The molecule has 2 aliphatic heterocycles. The third kappa shape index (κ3) is 4.64. The predicted molar refractivity (Wildman–Crippen MR) is 128 cm³/mol. The van der Waals surface area contributed by atoms with Crippen LogP contribution in [-0.2, 0) is 9.59 Å². The second-order valence-electron chi connectivity index (χ2n) is 8.87. The van der Waals surface area contributed by atoms with Crippen molar-refractivity contribution in [2.45, 2.75) is 33.1 Å². The molecule has 0 unspecified atom stereocenters. The quantitative estimate of drug-likeness (QED) is 0.650. The Bertz CT molecular complexity index is 1000. The number of imide groups is 1. The molecule has 0 aliphatic carbocycles. The highest BCUT2D eigenvalue weighted by Gasteiger charge is 2.36. The maximum atomic E-state index is 12.8. The maximum Gasteiger partial charge on any atom is 0.277 e. The van der Waals surface area contributed by atoms with Crippen LogP contribution in [0.2, 0.25) is 0 Å². The number of anilines is 2. The summed E-state index contributed by atoms with van der Waals surface area (Å²) in [7, 11) is 1.51. The van der Waals surface area contributed by atoms with E-state index in [2.05, 4.69) is 36.2 Å². The SMILES string of the molecule is CC(C)COc1ccc(C2=C(Nc3ccc(N4CCCCC4)cc3)C(=O)N(C)C2=O)cc1. The molecule has 1 saturated heterocycles. The number of piperidine rings is 1. The molecule has 1 N–H and O–H groups in total. The van der Waals surface area contributed by atoms with Gasteiger partial charge in [0.05, 0.1) is 12.2 Å². The van der Waals surface area contributed by atoms with Gasteiger partial charge in [0.1, 0.15) is 11.4 Å². The summed E-state index contributed by atoms with van der Waals surface area (Å²) >= 11 is 0. The van der Waals surface area contributed by atoms with E-state index in [1.165, 1.54) is 32.0 Å². The molecule has 168 valence electrons. The van der Waals surface area contributed by atoms with Crippen LogP contribution in [0.1, 0.15) is 38.7 Å². The number of nitrogens with zero attached hydrogens (tertiary/aromatic N) is 2. The summed E-state index contributed by atoms with van der Waals surface area (Å²) in [5.74, 6) is 0.539. The van der Waals surface area contributed by atoms with E-state index in [-0.39, 0.29) is 11.8 Å². The van der Waals surface area contributed by atoms with Crippen molar-refractivity contribution in [3.05, 3.63) is 59.8 Å². The summed E-state index contributed by atoms with van der Waals surface area (Å²) in [6.07, 6.45) is 3.74. The first-order valence-corrected chi connectivity index (χ1v) is 11.4. The van der Waals surface area contributed by atoms with Gasteiger partial charge in [-0.25, -0.2) is 0 Å². The first-order valence-electron chi connectivity index (χ1n) is 11.4. The van der Waals surface area contributed by atoms with Gasteiger partial charge in [-0.2, -0.15) is 0 Å². The van der Waals surface area contributed by atoms with Gasteiger partial charge >= 0.3 is 0 Å². The number of rotatable bonds is 7. The van der Waals surface area contributed by atoms with Crippen molar-refractivity contribution in [2.75, 3.05) is 37.0 Å². The lowest BCUT2D eigenvalue weighted by Gasteiger charge is -2.28. The molecule has 2 heterocycles. The van der Waals surface area contributed by atoms with Gasteiger partial charge in [-0.15, -0.1) is 0 Å². The molecule has 0 radical (unpaired) electrons. The van der Waals surface area contributed by atoms with E-state index in [9.17, 15) is 9.59 Å². The molecule has 4 rings (SSSR count). The summed E-state index contributed by atoms with van der Waals surface area (Å²) in [5, 5.41) is 3.20. The van der Waals surface area contributed by atoms with Crippen LogP contribution >= 0.6 is 0 Å². The summed E-state index contributed by atoms with van der Waals surface area (Å²) < 4.78 is 5.74. The van der Waals surface area contributed by atoms with E-state index >= 15 is 0 Å². The number of carbonyl (C=O) groups is 2. The molecule has 6 nitrogen and oxygen atoms in total. The van der Waals surface area contributed by atoms with E-state index < -0.39 is 0 Å². The minimum Gasteiger partial charge on any atom is -0.493 e. The van der Waals surface area contributed by atoms with Gasteiger partial charge in [0.2, 0.25) is 0 Å². The zero-order valence-corrected chi connectivity index (χ0v) is 19.1. The Hall–Kier alpha value is -3.28. The Morgan fingerprint density at radius 2 is 1.56 bits per heavy atom. The molecule has 0 spiro atoms. The van der Waals surface area contributed by atoms with Crippen molar-refractivity contribution in [3.8, 4) is 5.75 Å². The normalized spacial score (nSPS) is 16.9. The van der Waals surface area contributed by atoms with E-state index in [4.69, 9.17) is 4.74 Å². The number of carbonyl (C=O) groups excluding carboxylic acids is 2. The summed E-state index contributed by atoms with van der Waals surface area (Å²) in [4.78, 5) is 29.2. The van der Waals surface area contributed by atoms with Crippen molar-refractivity contribution in [3.63, 3.8) is 0 Å². The standard InChI is InChI=1S/C26H31N3O3/c1-18(2)17-32-22-13-7-19(8-14-22)23-24(26(31)28(3)25(23)30)27-20-9-11-21(12-10-20)29-15-5-4-6-16-29/h7-14,18,27H,4-6,15-17H2,1-3H3. The highest BCUT2D eigenvalue weighted by molar-refractivity contribution is 6.36. The van der Waals surface area contributed by atoms with Crippen molar-refractivity contribution in [1.29, 1.82) is 0 Å². The Kier molecular flexibility index (Phi) is 6.49. The van der Waals surface area contributed by atoms with Crippen molar-refractivity contribution in [2.24, 2.45) is 5.92 Å². The van der Waals surface area contributed by atoms with E-state index in [0.717, 1.165) is 29.4 Å². The van der Waals surface area contributed by atoms with E-state index in [1.54, 1.807) is 0 Å². The first-order chi connectivity index (χ1) is 15.4. The fourth-order valence-electron chi connectivity index (χ4n) is 4.06. The number of likely N-dealkylation sites (N-methyl/N-ethyl adjacent to an activating group) is 1. The van der Waals surface area contributed by atoms with Crippen LogP contribution in [0, 0.1) is 5.92 Å². The van der Waals surface area contributed by atoms with Crippen LogP contribution in [0.15, 0.2) is 54.2 Å². The lowest BCUT2D eigenvalue weighted by molar-refractivity contribution is -0.135. The van der Waals surface area contributed by atoms with Gasteiger partial charge in [0.15, 0.2) is 0 Å². The largest absolute Gasteiger partial charge is 0.493 e. The Morgan fingerprint density at radius 1 is 0.906 bits per heavy atom. The monoisotopic (exact) mass is 433 g/mol. The Balaban J connectivity index is 1.56. The molecule has 2 aromatic carbocycles. The fourth-order valence-corrected chi connectivity index (χ4v) is 4.06. The van der Waals surface area contributed by atoms with Gasteiger partial charge in [-0.3, -0.25) is 14.5 Å². The van der Waals surface area contributed by atoms with Gasteiger partial charge in [0.25, 0.3) is 11.8 Å². The van der Waals surface area contributed by atoms with Crippen molar-refractivity contribution >= 4 is 28.8 Å². The number of hydrogen-bond acceptors (Lipinski definition) is 5. The molecule has 0 aromatic heterocycles. The molecular formula is C26H31N3O3. The minimum absolute atomic E-state index is 0.305. The topological polar surface area (TPSA) is 61.9 Å². The fraction of sp³-hybridized carbons (Fsp3) is 0.385. The highest BCUT2D eigenvalue weighted by Crippen LogP contribution is 2.31. The molecular weight excluding hydrogens is 402 g/mol. The zero-order valence-electron chi connectivity index (χ0n) is 19.1. The lowest BCUT2D eigenvalue weighted by atomic mass is 10.0. The number of amides is 2. The van der Waals surface area contributed by atoms with Gasteiger partial charge < -0.3 is 15.0 Å². The van der Waals surface area contributed by atoms with Crippen LogP contribution < -0.4 is 15.0 Å². The minimum atomic E-state index is -0.328. The number of hydrogen-bond donors (Lipinski definition) is 1. The van der Waals surface area contributed by atoms with Gasteiger partial charge in [0, 0.05) is 31.5 Å². The second kappa shape index (κ2) is 9.47. The predicted octanol–water partition coefficient (Wildman–Crippen LogP) is 4.53. The van der Waals surface area contributed by atoms with Crippen LogP contribution in [0.3, 0.4) is 0 Å². The van der Waals surface area contributed by atoms with Crippen LogP contribution in [0.25, 0.3) is 5.57 Å². The third-order valence-corrected chi connectivity index (χ3v) is 5.87. The summed E-state index contributed by atoms with van der Waals surface area (Å²) in [6, 6.07) is 15.4. The summed E-state index contributed by atoms with van der Waals surface area (Å²) in [6.45, 7) is 6.97. The molecule has 2 aromatic rings. The number of benzene rings is 2. The average molecular weight is 434 g/mol. The van der Waals surface area contributed by atoms with E-state index in [1.807, 2.05) is 36.4 Å².